The third kappa shape index (κ3) is 4.10. The third-order valence-electron chi connectivity index (χ3n) is 5.99. The molecule has 2 N–H and O–H groups in total. The van der Waals surface area contributed by atoms with E-state index in [1.807, 2.05) is 6.07 Å². The van der Waals surface area contributed by atoms with E-state index in [4.69, 9.17) is 4.74 Å². The Labute approximate surface area is 181 Å². The molecular formula is C23H26N4O4. The van der Waals surface area contributed by atoms with Crippen molar-refractivity contribution in [3.8, 4) is 5.75 Å². The Balaban J connectivity index is 1.64. The molecule has 4 rings (SSSR count). The van der Waals surface area contributed by atoms with Gasteiger partial charge in [0, 0.05) is 24.6 Å². The standard InChI is InChI=1S/C23H26N4O4/c1-31-18-9-7-17(8-10-18)27-19(20(28)25-15-16-6-5-13-24-14-16)21(29)26-23(22(27)30)11-3-2-4-12-23/h5-10,13-14,19H,2-4,11-12,15H2,1H3,(H,25,28)(H,26,29). The molecule has 2 heterocycles. The normalized spacial score (nSPS) is 20.3. The number of rotatable bonds is 5. The van der Waals surface area contributed by atoms with Crippen LogP contribution in [0.25, 0.3) is 0 Å². The number of aromatic nitrogens is 1. The fraction of sp³-hybridized carbons (Fsp3) is 0.391. The van der Waals surface area contributed by atoms with E-state index < -0.39 is 23.4 Å². The number of piperazine rings is 1. The number of hydrogen-bond donors (Lipinski definition) is 2. The summed E-state index contributed by atoms with van der Waals surface area (Å²) >= 11 is 0. The topological polar surface area (TPSA) is 101 Å². The lowest BCUT2D eigenvalue weighted by Gasteiger charge is -2.47. The van der Waals surface area contributed by atoms with Crippen molar-refractivity contribution in [3.63, 3.8) is 0 Å². The summed E-state index contributed by atoms with van der Waals surface area (Å²) in [4.78, 5) is 45.3. The first-order chi connectivity index (χ1) is 15.0. The molecule has 1 aromatic heterocycles. The van der Waals surface area contributed by atoms with Gasteiger partial charge >= 0.3 is 0 Å². The van der Waals surface area contributed by atoms with Crippen LogP contribution in [0.15, 0.2) is 48.8 Å². The number of carbonyl (C=O) groups excluding carboxylic acids is 3. The van der Waals surface area contributed by atoms with Gasteiger partial charge in [0.05, 0.1) is 7.11 Å². The zero-order valence-electron chi connectivity index (χ0n) is 17.5. The molecule has 8 heteroatoms. The molecular weight excluding hydrogens is 396 g/mol. The lowest BCUT2D eigenvalue weighted by molar-refractivity contribution is -0.144. The molecule has 1 aliphatic carbocycles. The van der Waals surface area contributed by atoms with Crippen LogP contribution in [0.2, 0.25) is 0 Å². The maximum Gasteiger partial charge on any atom is 0.253 e. The van der Waals surface area contributed by atoms with Gasteiger partial charge in [-0.3, -0.25) is 24.3 Å². The molecule has 1 saturated heterocycles. The molecule has 2 aromatic rings. The van der Waals surface area contributed by atoms with Crippen molar-refractivity contribution in [1.29, 1.82) is 0 Å². The van der Waals surface area contributed by atoms with Crippen LogP contribution < -0.4 is 20.3 Å². The summed E-state index contributed by atoms with van der Waals surface area (Å²) < 4.78 is 5.21. The molecule has 0 bridgehead atoms. The van der Waals surface area contributed by atoms with Crippen LogP contribution in [0.4, 0.5) is 5.69 Å². The van der Waals surface area contributed by atoms with Crippen molar-refractivity contribution >= 4 is 23.4 Å². The van der Waals surface area contributed by atoms with Crippen LogP contribution in [-0.4, -0.2) is 41.4 Å². The monoisotopic (exact) mass is 422 g/mol. The predicted molar refractivity (Wildman–Crippen MR) is 114 cm³/mol. The number of ether oxygens (including phenoxy) is 1. The maximum absolute atomic E-state index is 13.7. The molecule has 0 radical (unpaired) electrons. The Morgan fingerprint density at radius 3 is 2.58 bits per heavy atom. The number of amides is 3. The van der Waals surface area contributed by atoms with Crippen molar-refractivity contribution in [2.24, 2.45) is 0 Å². The van der Waals surface area contributed by atoms with Gasteiger partial charge in [0.1, 0.15) is 11.3 Å². The van der Waals surface area contributed by atoms with Gasteiger partial charge in [-0.2, -0.15) is 0 Å². The molecule has 1 spiro atoms. The molecule has 1 aromatic carbocycles. The predicted octanol–water partition coefficient (Wildman–Crippen LogP) is 1.94. The number of methoxy groups -OCH3 is 1. The van der Waals surface area contributed by atoms with Crippen LogP contribution in [0.3, 0.4) is 0 Å². The zero-order chi connectivity index (χ0) is 21.8. The van der Waals surface area contributed by atoms with E-state index in [0.29, 0.717) is 24.3 Å². The summed E-state index contributed by atoms with van der Waals surface area (Å²) in [6.07, 6.45) is 7.20. The van der Waals surface area contributed by atoms with E-state index in [1.54, 1.807) is 49.8 Å². The number of hydrogen-bond acceptors (Lipinski definition) is 5. The molecule has 8 nitrogen and oxygen atoms in total. The van der Waals surface area contributed by atoms with Crippen LogP contribution in [-0.2, 0) is 20.9 Å². The van der Waals surface area contributed by atoms with E-state index in [9.17, 15) is 14.4 Å². The van der Waals surface area contributed by atoms with Crippen LogP contribution >= 0.6 is 0 Å². The second-order valence-corrected chi connectivity index (χ2v) is 7.99. The Kier molecular flexibility index (Phi) is 5.88. The van der Waals surface area contributed by atoms with Crippen LogP contribution in [0, 0.1) is 0 Å². The second-order valence-electron chi connectivity index (χ2n) is 7.99. The SMILES string of the molecule is COc1ccc(N2C(=O)C3(CCCCC3)NC(=O)C2C(=O)NCc2cccnc2)cc1. The smallest absolute Gasteiger partial charge is 0.253 e. The first-order valence-electron chi connectivity index (χ1n) is 10.5. The number of nitrogens with zero attached hydrogens (tertiary/aromatic N) is 2. The number of nitrogens with one attached hydrogen (secondary N) is 2. The first-order valence-corrected chi connectivity index (χ1v) is 10.5. The van der Waals surface area contributed by atoms with Gasteiger partial charge in [0.2, 0.25) is 0 Å². The molecule has 1 unspecified atom stereocenters. The fourth-order valence-electron chi connectivity index (χ4n) is 4.35. The Hall–Kier alpha value is -3.42. The summed E-state index contributed by atoms with van der Waals surface area (Å²) in [5, 5.41) is 5.68. The van der Waals surface area contributed by atoms with E-state index in [1.165, 1.54) is 4.90 Å². The van der Waals surface area contributed by atoms with Crippen molar-refractivity contribution < 1.29 is 19.1 Å². The highest BCUT2D eigenvalue weighted by molar-refractivity contribution is 6.20. The van der Waals surface area contributed by atoms with Crippen molar-refractivity contribution in [1.82, 2.24) is 15.6 Å². The van der Waals surface area contributed by atoms with Gasteiger partial charge in [-0.1, -0.05) is 25.3 Å². The minimum absolute atomic E-state index is 0.215. The first kappa shape index (κ1) is 20.8. The van der Waals surface area contributed by atoms with Gasteiger partial charge in [-0.25, -0.2) is 0 Å². The van der Waals surface area contributed by atoms with Gasteiger partial charge in [0.25, 0.3) is 17.7 Å². The quantitative estimate of drug-likeness (QED) is 0.718. The average Bonchev–Trinajstić information content (AvgIpc) is 2.81. The number of benzene rings is 1. The highest BCUT2D eigenvalue weighted by Gasteiger charge is 2.53. The van der Waals surface area contributed by atoms with Crippen molar-refractivity contribution in [3.05, 3.63) is 54.4 Å². The zero-order valence-corrected chi connectivity index (χ0v) is 17.5. The van der Waals surface area contributed by atoms with Gasteiger partial charge in [0.15, 0.2) is 6.04 Å². The molecule has 1 atom stereocenters. The number of pyridine rings is 1. The third-order valence-corrected chi connectivity index (χ3v) is 5.99. The lowest BCUT2D eigenvalue weighted by atomic mass is 9.78. The minimum Gasteiger partial charge on any atom is -0.497 e. The Bertz CT molecular complexity index is 955. The molecule has 1 aliphatic heterocycles. The molecule has 31 heavy (non-hydrogen) atoms. The van der Waals surface area contributed by atoms with Crippen molar-refractivity contribution in [2.75, 3.05) is 12.0 Å². The second kappa shape index (κ2) is 8.75. The van der Waals surface area contributed by atoms with Gasteiger partial charge in [-0.05, 0) is 48.7 Å². The minimum atomic E-state index is -1.29. The van der Waals surface area contributed by atoms with Crippen molar-refractivity contribution in [2.45, 2.75) is 50.2 Å². The van der Waals surface area contributed by atoms with E-state index in [2.05, 4.69) is 15.6 Å². The van der Waals surface area contributed by atoms with Crippen LogP contribution in [0.1, 0.15) is 37.7 Å². The van der Waals surface area contributed by atoms with Crippen LogP contribution in [0.5, 0.6) is 5.75 Å². The molecule has 162 valence electrons. The maximum atomic E-state index is 13.7. The van der Waals surface area contributed by atoms with E-state index in [-0.39, 0.29) is 12.5 Å². The summed E-state index contributed by atoms with van der Waals surface area (Å²) in [5.41, 5.74) is 0.348. The number of carbonyl (C=O) groups is 3. The molecule has 2 aliphatic rings. The summed E-state index contributed by atoms with van der Waals surface area (Å²) in [7, 11) is 1.56. The van der Waals surface area contributed by atoms with Gasteiger partial charge in [-0.15, -0.1) is 0 Å². The summed E-state index contributed by atoms with van der Waals surface area (Å²) in [6.45, 7) is 0.215. The largest absolute Gasteiger partial charge is 0.497 e. The van der Waals surface area contributed by atoms with Gasteiger partial charge < -0.3 is 15.4 Å². The average molecular weight is 422 g/mol. The lowest BCUT2D eigenvalue weighted by Crippen LogP contribution is -2.73. The summed E-state index contributed by atoms with van der Waals surface area (Å²) in [5.74, 6) is -0.599. The molecule has 1 saturated carbocycles. The Morgan fingerprint density at radius 1 is 1.19 bits per heavy atom. The number of anilines is 1. The highest BCUT2D eigenvalue weighted by Crippen LogP contribution is 2.36. The highest BCUT2D eigenvalue weighted by atomic mass is 16.5. The Morgan fingerprint density at radius 2 is 1.94 bits per heavy atom. The summed E-state index contributed by atoms with van der Waals surface area (Å²) in [6, 6.07) is 9.15. The molecule has 2 fully saturated rings. The fourth-order valence-corrected chi connectivity index (χ4v) is 4.35. The molecule has 3 amide bonds. The van der Waals surface area contributed by atoms with E-state index >= 15 is 0 Å². The van der Waals surface area contributed by atoms with E-state index in [0.717, 1.165) is 24.8 Å².